The molecule has 16 heavy (non-hydrogen) atoms. The fourth-order valence-corrected chi connectivity index (χ4v) is 1.65. The average molecular weight is 247 g/mol. The molecule has 0 amide bonds. The molecule has 0 radical (unpaired) electrons. The van der Waals surface area contributed by atoms with Gasteiger partial charge in [-0.25, -0.2) is 0 Å². The molecule has 90 valence electrons. The molecule has 0 heterocycles. The SMILES string of the molecule is COc1ccc(O)cc1C(O)C(O)CCCl. The number of hydrogen-bond donors (Lipinski definition) is 3. The molecule has 0 saturated carbocycles. The molecule has 0 aliphatic rings. The van der Waals surface area contributed by atoms with Crippen molar-refractivity contribution in [3.8, 4) is 11.5 Å². The number of hydrogen-bond acceptors (Lipinski definition) is 4. The molecule has 0 bridgehead atoms. The van der Waals surface area contributed by atoms with Crippen LogP contribution in [0.25, 0.3) is 0 Å². The van der Waals surface area contributed by atoms with E-state index in [0.29, 0.717) is 11.3 Å². The zero-order valence-corrected chi connectivity index (χ0v) is 9.68. The number of halogens is 1. The quantitative estimate of drug-likeness (QED) is 0.688. The molecule has 5 heteroatoms. The first-order valence-electron chi connectivity index (χ1n) is 4.89. The van der Waals surface area contributed by atoms with Crippen LogP contribution < -0.4 is 4.74 Å². The van der Waals surface area contributed by atoms with Crippen LogP contribution in [0.3, 0.4) is 0 Å². The lowest BCUT2D eigenvalue weighted by molar-refractivity contribution is 0.0155. The topological polar surface area (TPSA) is 69.9 Å². The number of aliphatic hydroxyl groups excluding tert-OH is 2. The molecule has 1 aromatic rings. The highest BCUT2D eigenvalue weighted by Crippen LogP contribution is 2.31. The second-order valence-electron chi connectivity index (χ2n) is 3.42. The number of aliphatic hydroxyl groups is 2. The van der Waals surface area contributed by atoms with Gasteiger partial charge in [-0.3, -0.25) is 0 Å². The summed E-state index contributed by atoms with van der Waals surface area (Å²) in [6, 6.07) is 4.34. The summed E-state index contributed by atoms with van der Waals surface area (Å²) < 4.78 is 5.03. The summed E-state index contributed by atoms with van der Waals surface area (Å²) in [6.07, 6.45) is -1.84. The second-order valence-corrected chi connectivity index (χ2v) is 3.79. The predicted octanol–water partition coefficient (Wildman–Crippen LogP) is 1.42. The molecular formula is C11H15ClO4. The van der Waals surface area contributed by atoms with Crippen LogP contribution in [-0.2, 0) is 0 Å². The number of aromatic hydroxyl groups is 1. The number of alkyl halides is 1. The van der Waals surface area contributed by atoms with E-state index >= 15 is 0 Å². The minimum Gasteiger partial charge on any atom is -0.508 e. The predicted molar refractivity (Wildman–Crippen MR) is 61.0 cm³/mol. The van der Waals surface area contributed by atoms with Gasteiger partial charge in [-0.1, -0.05) is 0 Å². The molecule has 1 aromatic carbocycles. The van der Waals surface area contributed by atoms with Crippen LogP contribution in [-0.4, -0.2) is 34.4 Å². The van der Waals surface area contributed by atoms with E-state index < -0.39 is 12.2 Å². The van der Waals surface area contributed by atoms with E-state index in [0.717, 1.165) is 0 Å². The van der Waals surface area contributed by atoms with Crippen molar-refractivity contribution < 1.29 is 20.1 Å². The van der Waals surface area contributed by atoms with E-state index in [1.54, 1.807) is 0 Å². The van der Waals surface area contributed by atoms with Crippen molar-refractivity contribution in [3.05, 3.63) is 23.8 Å². The fourth-order valence-electron chi connectivity index (χ4n) is 1.43. The first-order valence-corrected chi connectivity index (χ1v) is 5.42. The summed E-state index contributed by atoms with van der Waals surface area (Å²) in [5.41, 5.74) is 0.347. The molecule has 0 aliphatic heterocycles. The summed E-state index contributed by atoms with van der Waals surface area (Å²) in [6.45, 7) is 0. The second kappa shape index (κ2) is 5.94. The number of rotatable bonds is 5. The third-order valence-electron chi connectivity index (χ3n) is 2.30. The van der Waals surface area contributed by atoms with Gasteiger partial charge < -0.3 is 20.1 Å². The molecule has 2 unspecified atom stereocenters. The number of benzene rings is 1. The van der Waals surface area contributed by atoms with Crippen molar-refractivity contribution in [1.29, 1.82) is 0 Å². The summed E-state index contributed by atoms with van der Waals surface area (Å²) in [5, 5.41) is 28.8. The molecular weight excluding hydrogens is 232 g/mol. The first-order chi connectivity index (χ1) is 7.60. The minimum atomic E-state index is -1.12. The molecule has 0 aliphatic carbocycles. The number of ether oxygens (including phenoxy) is 1. The molecule has 0 spiro atoms. The van der Waals surface area contributed by atoms with E-state index in [1.165, 1.54) is 25.3 Å². The monoisotopic (exact) mass is 246 g/mol. The van der Waals surface area contributed by atoms with Gasteiger partial charge in [0.15, 0.2) is 0 Å². The largest absolute Gasteiger partial charge is 0.508 e. The third kappa shape index (κ3) is 3.01. The Hall–Kier alpha value is -0.970. The van der Waals surface area contributed by atoms with Crippen LogP contribution in [0.1, 0.15) is 18.1 Å². The van der Waals surface area contributed by atoms with Crippen molar-refractivity contribution in [2.24, 2.45) is 0 Å². The number of phenolic OH excluding ortho intramolecular Hbond substituents is 1. The van der Waals surface area contributed by atoms with Crippen molar-refractivity contribution in [1.82, 2.24) is 0 Å². The lowest BCUT2D eigenvalue weighted by atomic mass is 10.0. The first kappa shape index (κ1) is 13.1. The van der Waals surface area contributed by atoms with Gasteiger partial charge in [0.1, 0.15) is 17.6 Å². The molecule has 0 fully saturated rings. The van der Waals surface area contributed by atoms with Crippen LogP contribution in [0.15, 0.2) is 18.2 Å². The lowest BCUT2D eigenvalue weighted by Crippen LogP contribution is -2.19. The summed E-state index contributed by atoms with van der Waals surface area (Å²) in [4.78, 5) is 0. The van der Waals surface area contributed by atoms with E-state index in [2.05, 4.69) is 0 Å². The van der Waals surface area contributed by atoms with Crippen molar-refractivity contribution >= 4 is 11.6 Å². The standard InChI is InChI=1S/C11H15ClO4/c1-16-10-3-2-7(13)6-8(10)11(15)9(14)4-5-12/h2-3,6,9,11,13-15H,4-5H2,1H3. The van der Waals surface area contributed by atoms with Gasteiger partial charge in [0.05, 0.1) is 13.2 Å². The van der Waals surface area contributed by atoms with E-state index in [9.17, 15) is 15.3 Å². The molecule has 2 atom stereocenters. The summed E-state index contributed by atoms with van der Waals surface area (Å²) in [7, 11) is 1.45. The highest BCUT2D eigenvalue weighted by Gasteiger charge is 2.21. The maximum Gasteiger partial charge on any atom is 0.125 e. The molecule has 1 rings (SSSR count). The van der Waals surface area contributed by atoms with Gasteiger partial charge in [-0.15, -0.1) is 11.6 Å². The molecule has 0 saturated heterocycles. The van der Waals surface area contributed by atoms with Crippen molar-refractivity contribution in [2.75, 3.05) is 13.0 Å². The maximum atomic E-state index is 9.86. The van der Waals surface area contributed by atoms with Crippen LogP contribution in [0.5, 0.6) is 11.5 Å². The van der Waals surface area contributed by atoms with Gasteiger partial charge in [0.25, 0.3) is 0 Å². The molecule has 0 aromatic heterocycles. The maximum absolute atomic E-state index is 9.86. The molecule has 4 nitrogen and oxygen atoms in total. The highest BCUT2D eigenvalue weighted by molar-refractivity contribution is 6.17. The van der Waals surface area contributed by atoms with Crippen LogP contribution in [0, 0.1) is 0 Å². The Bertz CT molecular complexity index is 343. The molecule has 3 N–H and O–H groups in total. The Morgan fingerprint density at radius 3 is 2.62 bits per heavy atom. The van der Waals surface area contributed by atoms with Gasteiger partial charge in [-0.2, -0.15) is 0 Å². The zero-order chi connectivity index (χ0) is 12.1. The Balaban J connectivity index is 2.96. The van der Waals surface area contributed by atoms with Gasteiger partial charge in [0.2, 0.25) is 0 Å². The average Bonchev–Trinajstić information content (AvgIpc) is 2.28. The summed E-state index contributed by atoms with van der Waals surface area (Å²) in [5.74, 6) is 0.672. The number of methoxy groups -OCH3 is 1. The van der Waals surface area contributed by atoms with E-state index in [-0.39, 0.29) is 18.1 Å². The Morgan fingerprint density at radius 1 is 1.38 bits per heavy atom. The summed E-state index contributed by atoms with van der Waals surface area (Å²) >= 11 is 5.48. The lowest BCUT2D eigenvalue weighted by Gasteiger charge is -2.19. The van der Waals surface area contributed by atoms with Gasteiger partial charge in [0, 0.05) is 11.4 Å². The van der Waals surface area contributed by atoms with E-state index in [4.69, 9.17) is 16.3 Å². The smallest absolute Gasteiger partial charge is 0.125 e. The normalized spacial score (nSPS) is 14.5. The zero-order valence-electron chi connectivity index (χ0n) is 8.93. The van der Waals surface area contributed by atoms with Crippen molar-refractivity contribution in [2.45, 2.75) is 18.6 Å². The van der Waals surface area contributed by atoms with Crippen LogP contribution in [0.2, 0.25) is 0 Å². The van der Waals surface area contributed by atoms with Crippen LogP contribution in [0.4, 0.5) is 0 Å². The third-order valence-corrected chi connectivity index (χ3v) is 2.52. The Kier molecular flexibility index (Phi) is 4.86. The van der Waals surface area contributed by atoms with Gasteiger partial charge >= 0.3 is 0 Å². The fraction of sp³-hybridized carbons (Fsp3) is 0.455. The van der Waals surface area contributed by atoms with Crippen LogP contribution >= 0.6 is 11.6 Å². The Labute approximate surface area is 99.1 Å². The van der Waals surface area contributed by atoms with Crippen molar-refractivity contribution in [3.63, 3.8) is 0 Å². The Morgan fingerprint density at radius 2 is 2.06 bits per heavy atom. The minimum absolute atomic E-state index is 0.00734. The number of phenols is 1. The van der Waals surface area contributed by atoms with Gasteiger partial charge in [-0.05, 0) is 24.6 Å². The highest BCUT2D eigenvalue weighted by atomic mass is 35.5. The van der Waals surface area contributed by atoms with E-state index in [1.807, 2.05) is 0 Å².